The van der Waals surface area contributed by atoms with E-state index in [4.69, 9.17) is 4.74 Å². The second-order valence-electron chi connectivity index (χ2n) is 8.65. The molecule has 0 fully saturated rings. The highest BCUT2D eigenvalue weighted by atomic mass is 16.6. The third kappa shape index (κ3) is 6.67. The van der Waals surface area contributed by atoms with Crippen molar-refractivity contribution in [2.24, 2.45) is 0 Å². The molecule has 3 aromatic rings. The normalized spacial score (nSPS) is 11.0. The Morgan fingerprint density at radius 3 is 2.31 bits per heavy atom. The molecule has 1 N–H and O–H groups in total. The van der Waals surface area contributed by atoms with Gasteiger partial charge < -0.3 is 9.64 Å². The molecule has 3 rings (SSSR count). The van der Waals surface area contributed by atoms with Gasteiger partial charge in [0.25, 0.3) is 5.91 Å². The first-order valence-corrected chi connectivity index (χ1v) is 10.5. The van der Waals surface area contributed by atoms with Crippen LogP contribution in [0.1, 0.15) is 47.8 Å². The van der Waals surface area contributed by atoms with Gasteiger partial charge in [0, 0.05) is 36.7 Å². The van der Waals surface area contributed by atoms with Crippen LogP contribution in [0.2, 0.25) is 0 Å². The Morgan fingerprint density at radius 1 is 0.969 bits per heavy atom. The standard InChI is InChI=1S/C26H29N3O3/c1-19-8-5-6-10-22(19)18-29(17-20-9-7-15-27-16-20)24(30)21-11-13-23(14-12-21)28-25(31)32-26(2,3)4/h5-16H,17-18H2,1-4H3,(H,28,31). The third-order valence-electron chi connectivity index (χ3n) is 4.78. The van der Waals surface area contributed by atoms with Gasteiger partial charge in [-0.3, -0.25) is 15.1 Å². The number of aromatic nitrogens is 1. The SMILES string of the molecule is Cc1ccccc1CN(Cc1cccnc1)C(=O)c1ccc(NC(=O)OC(C)(C)C)cc1. The summed E-state index contributed by atoms with van der Waals surface area (Å²) in [5, 5.41) is 2.69. The molecule has 0 atom stereocenters. The van der Waals surface area contributed by atoms with Crippen molar-refractivity contribution in [3.63, 3.8) is 0 Å². The molecule has 32 heavy (non-hydrogen) atoms. The molecule has 0 bridgehead atoms. The molecule has 0 unspecified atom stereocenters. The highest BCUT2D eigenvalue weighted by Gasteiger charge is 2.19. The molecule has 0 saturated heterocycles. The second-order valence-corrected chi connectivity index (χ2v) is 8.65. The van der Waals surface area contributed by atoms with Crippen LogP contribution in [-0.2, 0) is 17.8 Å². The van der Waals surface area contributed by atoms with Crippen molar-refractivity contribution >= 4 is 17.7 Å². The second kappa shape index (κ2) is 10.1. The number of benzene rings is 2. The Balaban J connectivity index is 1.77. The predicted octanol–water partition coefficient (Wildman–Crippen LogP) is 5.58. The van der Waals surface area contributed by atoms with Crippen molar-refractivity contribution in [3.05, 3.63) is 95.3 Å². The van der Waals surface area contributed by atoms with Crippen LogP contribution in [-0.4, -0.2) is 27.5 Å². The largest absolute Gasteiger partial charge is 0.444 e. The molecule has 0 aliphatic rings. The molecular weight excluding hydrogens is 402 g/mol. The van der Waals surface area contributed by atoms with E-state index in [0.717, 1.165) is 16.7 Å². The van der Waals surface area contributed by atoms with Gasteiger partial charge in [-0.05, 0) is 74.7 Å². The molecule has 0 aliphatic heterocycles. The minimum absolute atomic E-state index is 0.0964. The monoisotopic (exact) mass is 431 g/mol. The van der Waals surface area contributed by atoms with Crippen LogP contribution in [0.4, 0.5) is 10.5 Å². The number of anilines is 1. The van der Waals surface area contributed by atoms with Gasteiger partial charge in [-0.25, -0.2) is 4.79 Å². The van der Waals surface area contributed by atoms with Crippen molar-refractivity contribution in [2.75, 3.05) is 5.32 Å². The fraction of sp³-hybridized carbons (Fsp3) is 0.269. The number of carbonyl (C=O) groups is 2. The molecule has 2 aromatic carbocycles. The first-order chi connectivity index (χ1) is 15.2. The Bertz CT molecular complexity index is 1060. The van der Waals surface area contributed by atoms with Crippen LogP contribution >= 0.6 is 0 Å². The van der Waals surface area contributed by atoms with Gasteiger partial charge in [-0.1, -0.05) is 30.3 Å². The zero-order chi connectivity index (χ0) is 23.1. The number of nitrogens with zero attached hydrogens (tertiary/aromatic N) is 2. The number of ether oxygens (including phenoxy) is 1. The Labute approximate surface area is 189 Å². The van der Waals surface area contributed by atoms with E-state index in [1.165, 1.54) is 0 Å². The summed E-state index contributed by atoms with van der Waals surface area (Å²) >= 11 is 0. The molecule has 2 amide bonds. The molecule has 0 radical (unpaired) electrons. The minimum atomic E-state index is -0.581. The van der Waals surface area contributed by atoms with Crippen LogP contribution in [0.25, 0.3) is 0 Å². The van der Waals surface area contributed by atoms with E-state index < -0.39 is 11.7 Å². The molecular formula is C26H29N3O3. The van der Waals surface area contributed by atoms with Crippen LogP contribution in [0.3, 0.4) is 0 Å². The van der Waals surface area contributed by atoms with Gasteiger partial charge >= 0.3 is 6.09 Å². The zero-order valence-corrected chi connectivity index (χ0v) is 19.0. The maximum atomic E-state index is 13.4. The summed E-state index contributed by atoms with van der Waals surface area (Å²) < 4.78 is 5.27. The molecule has 166 valence electrons. The molecule has 0 spiro atoms. The first-order valence-electron chi connectivity index (χ1n) is 10.5. The molecule has 6 nitrogen and oxygen atoms in total. The summed E-state index contributed by atoms with van der Waals surface area (Å²) in [5.41, 5.74) is 3.70. The molecule has 6 heteroatoms. The summed E-state index contributed by atoms with van der Waals surface area (Å²) in [6, 6.07) is 18.7. The maximum absolute atomic E-state index is 13.4. The highest BCUT2D eigenvalue weighted by Crippen LogP contribution is 2.18. The zero-order valence-electron chi connectivity index (χ0n) is 19.0. The average molecular weight is 432 g/mol. The number of carbonyl (C=O) groups excluding carboxylic acids is 2. The highest BCUT2D eigenvalue weighted by molar-refractivity contribution is 5.95. The van der Waals surface area contributed by atoms with Crippen molar-refractivity contribution < 1.29 is 14.3 Å². The Morgan fingerprint density at radius 2 is 1.69 bits per heavy atom. The number of nitrogens with one attached hydrogen (secondary N) is 1. The molecule has 0 saturated carbocycles. The number of hydrogen-bond acceptors (Lipinski definition) is 4. The van der Waals surface area contributed by atoms with E-state index in [1.54, 1.807) is 62.3 Å². The quantitative estimate of drug-likeness (QED) is 0.553. The van der Waals surface area contributed by atoms with Crippen molar-refractivity contribution in [1.82, 2.24) is 9.88 Å². The van der Waals surface area contributed by atoms with E-state index >= 15 is 0 Å². The van der Waals surface area contributed by atoms with Crippen molar-refractivity contribution in [3.8, 4) is 0 Å². The number of amides is 2. The summed E-state index contributed by atoms with van der Waals surface area (Å²) in [4.78, 5) is 31.3. The van der Waals surface area contributed by atoms with Gasteiger partial charge in [0.1, 0.15) is 5.60 Å². The number of aryl methyl sites for hydroxylation is 1. The van der Waals surface area contributed by atoms with Crippen LogP contribution in [0, 0.1) is 6.92 Å². The van der Waals surface area contributed by atoms with E-state index in [-0.39, 0.29) is 5.91 Å². The lowest BCUT2D eigenvalue weighted by atomic mass is 10.1. The summed E-state index contributed by atoms with van der Waals surface area (Å²) in [6.07, 6.45) is 2.95. The van der Waals surface area contributed by atoms with Gasteiger partial charge in [-0.15, -0.1) is 0 Å². The first kappa shape index (κ1) is 23.0. The van der Waals surface area contributed by atoms with Crippen LogP contribution < -0.4 is 5.32 Å². The Kier molecular flexibility index (Phi) is 7.25. The lowest BCUT2D eigenvalue weighted by Crippen LogP contribution is -2.30. The minimum Gasteiger partial charge on any atom is -0.444 e. The molecule has 0 aliphatic carbocycles. The van der Waals surface area contributed by atoms with E-state index in [1.807, 2.05) is 43.3 Å². The smallest absolute Gasteiger partial charge is 0.412 e. The van der Waals surface area contributed by atoms with Crippen molar-refractivity contribution in [1.29, 1.82) is 0 Å². The third-order valence-corrected chi connectivity index (χ3v) is 4.78. The van der Waals surface area contributed by atoms with E-state index in [0.29, 0.717) is 24.3 Å². The van der Waals surface area contributed by atoms with E-state index in [9.17, 15) is 9.59 Å². The average Bonchev–Trinajstić information content (AvgIpc) is 2.74. The van der Waals surface area contributed by atoms with Crippen LogP contribution in [0.15, 0.2) is 73.1 Å². The summed E-state index contributed by atoms with van der Waals surface area (Å²) in [6.45, 7) is 8.38. The number of rotatable bonds is 6. The molecule has 1 heterocycles. The predicted molar refractivity (Wildman–Crippen MR) is 125 cm³/mol. The fourth-order valence-corrected chi connectivity index (χ4v) is 3.20. The lowest BCUT2D eigenvalue weighted by Gasteiger charge is -2.24. The Hall–Kier alpha value is -3.67. The fourth-order valence-electron chi connectivity index (χ4n) is 3.20. The number of hydrogen-bond donors (Lipinski definition) is 1. The van der Waals surface area contributed by atoms with Gasteiger partial charge in [-0.2, -0.15) is 0 Å². The van der Waals surface area contributed by atoms with Gasteiger partial charge in [0.05, 0.1) is 0 Å². The molecule has 1 aromatic heterocycles. The van der Waals surface area contributed by atoms with Gasteiger partial charge in [0.2, 0.25) is 0 Å². The lowest BCUT2D eigenvalue weighted by molar-refractivity contribution is 0.0635. The summed E-state index contributed by atoms with van der Waals surface area (Å²) in [7, 11) is 0. The van der Waals surface area contributed by atoms with Gasteiger partial charge in [0.15, 0.2) is 0 Å². The van der Waals surface area contributed by atoms with Crippen LogP contribution in [0.5, 0.6) is 0 Å². The summed E-state index contributed by atoms with van der Waals surface area (Å²) in [5.74, 6) is -0.0964. The maximum Gasteiger partial charge on any atom is 0.412 e. The van der Waals surface area contributed by atoms with E-state index in [2.05, 4.69) is 10.3 Å². The topological polar surface area (TPSA) is 71.5 Å². The number of pyridine rings is 1. The van der Waals surface area contributed by atoms with Crippen molar-refractivity contribution in [2.45, 2.75) is 46.4 Å².